The fourth-order valence-electron chi connectivity index (χ4n) is 4.26. The van der Waals surface area contributed by atoms with E-state index in [1.807, 2.05) is 17.0 Å². The Morgan fingerprint density at radius 1 is 1.21 bits per heavy atom. The second-order valence-electron chi connectivity index (χ2n) is 8.05. The number of hydrogen-bond donors (Lipinski definition) is 0. The molecule has 1 aliphatic heterocycles. The van der Waals surface area contributed by atoms with Crippen molar-refractivity contribution in [2.75, 3.05) is 13.1 Å². The van der Waals surface area contributed by atoms with Gasteiger partial charge in [-0.1, -0.05) is 18.0 Å². The van der Waals surface area contributed by atoms with E-state index in [-0.39, 0.29) is 11.3 Å². The minimum absolute atomic E-state index is 0.0403. The van der Waals surface area contributed by atoms with Crippen molar-refractivity contribution in [3.05, 3.63) is 54.6 Å². The molecule has 5 rings (SSSR count). The van der Waals surface area contributed by atoms with Crippen LogP contribution in [-0.2, 0) is 5.41 Å². The first kappa shape index (κ1) is 17.9. The highest BCUT2D eigenvalue weighted by Crippen LogP contribution is 2.46. The van der Waals surface area contributed by atoms with Crippen LogP contribution in [0, 0.1) is 5.92 Å². The predicted octanol–water partition coefficient (Wildman–Crippen LogP) is 2.90. The minimum atomic E-state index is -0.283. The fraction of sp³-hybridized carbons (Fsp3) is 0.429. The Labute approximate surface area is 168 Å². The smallest absolute Gasteiger partial charge is 0.259 e. The molecule has 1 unspecified atom stereocenters. The monoisotopic (exact) mass is 390 g/mol. The number of hydrogen-bond acceptors (Lipinski definition) is 7. The van der Waals surface area contributed by atoms with E-state index in [2.05, 4.69) is 20.1 Å². The Hall–Kier alpha value is -3.16. The Kier molecular flexibility index (Phi) is 4.54. The van der Waals surface area contributed by atoms with E-state index >= 15 is 0 Å². The molecule has 0 aromatic carbocycles. The molecule has 8 heteroatoms. The Morgan fingerprint density at radius 2 is 2.07 bits per heavy atom. The van der Waals surface area contributed by atoms with Crippen LogP contribution in [0.5, 0.6) is 0 Å². The maximum absolute atomic E-state index is 13.0. The summed E-state index contributed by atoms with van der Waals surface area (Å²) in [4.78, 5) is 31.8. The average Bonchev–Trinajstić information content (AvgIpc) is 3.44. The van der Waals surface area contributed by atoms with E-state index in [1.54, 1.807) is 24.8 Å². The molecule has 1 saturated heterocycles. The molecule has 3 aromatic heterocycles. The zero-order valence-corrected chi connectivity index (χ0v) is 16.1. The molecule has 1 amide bonds. The van der Waals surface area contributed by atoms with Gasteiger partial charge in [0.15, 0.2) is 5.82 Å². The molecule has 29 heavy (non-hydrogen) atoms. The zero-order valence-electron chi connectivity index (χ0n) is 16.1. The van der Waals surface area contributed by atoms with Crippen molar-refractivity contribution >= 4 is 5.91 Å². The molecule has 3 aromatic rings. The van der Waals surface area contributed by atoms with Gasteiger partial charge in [0.05, 0.1) is 16.5 Å². The summed E-state index contributed by atoms with van der Waals surface area (Å²) in [6.07, 6.45) is 13.3. The summed E-state index contributed by atoms with van der Waals surface area (Å²) in [7, 11) is 0. The van der Waals surface area contributed by atoms with Crippen molar-refractivity contribution in [3.63, 3.8) is 0 Å². The number of nitrogens with zero attached hydrogens (tertiary/aromatic N) is 6. The molecule has 1 aliphatic carbocycles. The van der Waals surface area contributed by atoms with E-state index in [4.69, 9.17) is 9.51 Å². The van der Waals surface area contributed by atoms with Gasteiger partial charge in [-0.05, 0) is 37.3 Å². The number of carbonyl (C=O) groups excluding carboxylic acids is 1. The van der Waals surface area contributed by atoms with Gasteiger partial charge in [-0.3, -0.25) is 9.78 Å². The molecule has 2 fully saturated rings. The highest BCUT2D eigenvalue weighted by molar-refractivity contribution is 5.93. The first-order chi connectivity index (χ1) is 14.2. The van der Waals surface area contributed by atoms with Gasteiger partial charge >= 0.3 is 0 Å². The highest BCUT2D eigenvalue weighted by atomic mass is 16.5. The van der Waals surface area contributed by atoms with E-state index in [9.17, 15) is 4.79 Å². The predicted molar refractivity (Wildman–Crippen MR) is 104 cm³/mol. The SMILES string of the molecule is O=C(c1cncnc1)N1CCCC(CC2CC2)(c2noc(-c3cccnc3)n2)C1. The first-order valence-corrected chi connectivity index (χ1v) is 10.0. The second kappa shape index (κ2) is 7.35. The topological polar surface area (TPSA) is 97.9 Å². The van der Waals surface area contributed by atoms with Crippen molar-refractivity contribution in [1.82, 2.24) is 30.0 Å². The third-order valence-corrected chi connectivity index (χ3v) is 5.86. The number of piperidine rings is 1. The van der Waals surface area contributed by atoms with Gasteiger partial charge in [0.2, 0.25) is 0 Å². The van der Waals surface area contributed by atoms with Gasteiger partial charge in [0.1, 0.15) is 6.33 Å². The molecule has 2 aliphatic rings. The van der Waals surface area contributed by atoms with E-state index in [0.29, 0.717) is 36.3 Å². The fourth-order valence-corrected chi connectivity index (χ4v) is 4.26. The van der Waals surface area contributed by atoms with Crippen LogP contribution in [0.3, 0.4) is 0 Å². The summed E-state index contributed by atoms with van der Waals surface area (Å²) in [6, 6.07) is 3.76. The Morgan fingerprint density at radius 3 is 2.83 bits per heavy atom. The van der Waals surface area contributed by atoms with Gasteiger partial charge in [-0.15, -0.1) is 0 Å². The molecule has 8 nitrogen and oxygen atoms in total. The lowest BCUT2D eigenvalue weighted by atomic mass is 9.74. The summed E-state index contributed by atoms with van der Waals surface area (Å²) >= 11 is 0. The number of likely N-dealkylation sites (tertiary alicyclic amines) is 1. The van der Waals surface area contributed by atoms with Crippen molar-refractivity contribution in [2.24, 2.45) is 5.92 Å². The van der Waals surface area contributed by atoms with Crippen LogP contribution in [0.25, 0.3) is 11.5 Å². The molecule has 1 atom stereocenters. The number of amides is 1. The van der Waals surface area contributed by atoms with Crippen molar-refractivity contribution in [1.29, 1.82) is 0 Å². The van der Waals surface area contributed by atoms with E-state index in [1.165, 1.54) is 19.2 Å². The summed E-state index contributed by atoms with van der Waals surface area (Å²) in [5, 5.41) is 4.36. The van der Waals surface area contributed by atoms with Gasteiger partial charge in [0, 0.05) is 37.9 Å². The van der Waals surface area contributed by atoms with Crippen molar-refractivity contribution in [3.8, 4) is 11.5 Å². The quantitative estimate of drug-likeness (QED) is 0.660. The van der Waals surface area contributed by atoms with Gasteiger partial charge in [-0.2, -0.15) is 4.98 Å². The minimum Gasteiger partial charge on any atom is -0.338 e. The van der Waals surface area contributed by atoms with Crippen LogP contribution in [0.15, 0.2) is 47.8 Å². The maximum atomic E-state index is 13.0. The highest BCUT2D eigenvalue weighted by Gasteiger charge is 2.46. The largest absolute Gasteiger partial charge is 0.338 e. The van der Waals surface area contributed by atoms with Crippen LogP contribution in [0.2, 0.25) is 0 Å². The molecule has 0 bridgehead atoms. The lowest BCUT2D eigenvalue weighted by molar-refractivity contribution is 0.0606. The number of aromatic nitrogens is 5. The lowest BCUT2D eigenvalue weighted by Gasteiger charge is -2.41. The van der Waals surface area contributed by atoms with Gasteiger partial charge in [-0.25, -0.2) is 9.97 Å². The summed E-state index contributed by atoms with van der Waals surface area (Å²) in [5.41, 5.74) is 1.03. The zero-order chi connectivity index (χ0) is 19.7. The van der Waals surface area contributed by atoms with Gasteiger partial charge < -0.3 is 9.42 Å². The summed E-state index contributed by atoms with van der Waals surface area (Å²) in [6.45, 7) is 1.30. The molecular formula is C21H22N6O2. The van der Waals surface area contributed by atoms with Crippen LogP contribution >= 0.6 is 0 Å². The third-order valence-electron chi connectivity index (χ3n) is 5.86. The first-order valence-electron chi connectivity index (χ1n) is 10.0. The van der Waals surface area contributed by atoms with E-state index in [0.717, 1.165) is 24.8 Å². The molecular weight excluding hydrogens is 368 g/mol. The molecule has 1 saturated carbocycles. The number of rotatable bonds is 5. The number of carbonyl (C=O) groups is 1. The summed E-state index contributed by atoms with van der Waals surface area (Å²) < 4.78 is 5.59. The standard InChI is InChI=1S/C21H22N6O2/c28-19(17-11-23-14-24-12-17)27-8-2-6-21(13-27,9-15-4-5-15)20-25-18(29-26-20)16-3-1-7-22-10-16/h1,3,7,10-12,14-15H,2,4-6,8-9,13H2. The number of pyridine rings is 1. The normalized spacial score (nSPS) is 21.9. The van der Waals surface area contributed by atoms with Crippen LogP contribution in [-0.4, -0.2) is 49.0 Å². The van der Waals surface area contributed by atoms with Gasteiger partial charge in [0.25, 0.3) is 11.8 Å². The molecule has 4 heterocycles. The molecule has 0 N–H and O–H groups in total. The van der Waals surface area contributed by atoms with E-state index < -0.39 is 0 Å². The summed E-state index contributed by atoms with van der Waals surface area (Å²) in [5.74, 6) is 1.81. The average molecular weight is 390 g/mol. The lowest BCUT2D eigenvalue weighted by Crippen LogP contribution is -2.49. The maximum Gasteiger partial charge on any atom is 0.259 e. The third kappa shape index (κ3) is 3.62. The Bertz CT molecular complexity index is 989. The Balaban J connectivity index is 1.45. The van der Waals surface area contributed by atoms with Crippen LogP contribution in [0.1, 0.15) is 48.3 Å². The molecule has 0 radical (unpaired) electrons. The molecule has 148 valence electrons. The van der Waals surface area contributed by atoms with Crippen molar-refractivity contribution < 1.29 is 9.32 Å². The second-order valence-corrected chi connectivity index (χ2v) is 8.05. The molecule has 0 spiro atoms. The van der Waals surface area contributed by atoms with Crippen molar-refractivity contribution in [2.45, 2.75) is 37.5 Å². The van der Waals surface area contributed by atoms with Crippen LogP contribution < -0.4 is 0 Å². The van der Waals surface area contributed by atoms with Crippen LogP contribution in [0.4, 0.5) is 0 Å².